The summed E-state index contributed by atoms with van der Waals surface area (Å²) in [6.45, 7) is 0. The Balaban J connectivity index is 2.06. The van der Waals surface area contributed by atoms with Crippen LogP contribution in [0.4, 0.5) is 11.9 Å². The largest absolute Gasteiger partial charge is 0.385 e. The van der Waals surface area contributed by atoms with Crippen LogP contribution in [0, 0.1) is 0 Å². The molecule has 146 valence electrons. The van der Waals surface area contributed by atoms with E-state index in [2.05, 4.69) is 25.0 Å². The molecule has 2 aromatic rings. The van der Waals surface area contributed by atoms with Crippen molar-refractivity contribution in [2.24, 2.45) is 5.11 Å². The summed E-state index contributed by atoms with van der Waals surface area (Å²) in [4.78, 5) is 42.1. The number of aliphatic hydroxyl groups is 2. The standard InChI is InChI=1S/C10H13N8O8P/c11-9-14-5-2(6(21)15-9)13-10(16-17-12)18(5)7-3(19)4(20)8(26-7)25-1-27(22,23)24/h3-4,7-8,19-20H,1H2,(H2,22,23,24)(H3,11,14,15,21)/t3-,4?,7+,8-/m0/s1. The number of azide groups is 1. The summed E-state index contributed by atoms with van der Waals surface area (Å²) in [5.74, 6) is -0.730. The summed E-state index contributed by atoms with van der Waals surface area (Å²) in [6, 6.07) is 0. The molecule has 2 aromatic heterocycles. The SMILES string of the molecule is [N-]=[N+]=Nc1nc2c(=O)[nH]c(N)nc2n1[C@@H]1O[C@H](OCP(=O)(O)O)C(O)[C@@H]1O. The highest BCUT2D eigenvalue weighted by Gasteiger charge is 2.46. The molecule has 4 atom stereocenters. The van der Waals surface area contributed by atoms with Crippen molar-refractivity contribution in [3.63, 3.8) is 0 Å². The van der Waals surface area contributed by atoms with Crippen molar-refractivity contribution in [1.29, 1.82) is 0 Å². The highest BCUT2D eigenvalue weighted by atomic mass is 31.2. The minimum Gasteiger partial charge on any atom is -0.385 e. The lowest BCUT2D eigenvalue weighted by Crippen LogP contribution is -2.33. The van der Waals surface area contributed by atoms with E-state index in [1.807, 2.05) is 0 Å². The molecule has 0 saturated carbocycles. The second-order valence-corrected chi connectivity index (χ2v) is 7.02. The van der Waals surface area contributed by atoms with Gasteiger partial charge in [0.05, 0.1) is 0 Å². The number of rotatable bonds is 5. The Morgan fingerprint density at radius 2 is 2.11 bits per heavy atom. The molecule has 0 aromatic carbocycles. The van der Waals surface area contributed by atoms with Crippen molar-refractivity contribution < 1.29 is 34.0 Å². The number of nitrogens with zero attached hydrogens (tertiary/aromatic N) is 6. The van der Waals surface area contributed by atoms with E-state index in [4.69, 9.17) is 30.5 Å². The van der Waals surface area contributed by atoms with Gasteiger partial charge in [0.2, 0.25) is 11.9 Å². The second-order valence-electron chi connectivity index (χ2n) is 5.43. The number of aliphatic hydroxyl groups excluding tert-OH is 2. The summed E-state index contributed by atoms with van der Waals surface area (Å²) < 4.78 is 21.9. The molecule has 16 nitrogen and oxygen atoms in total. The first-order chi connectivity index (χ1) is 12.6. The quantitative estimate of drug-likeness (QED) is 0.143. The normalized spacial score (nSPS) is 25.6. The van der Waals surface area contributed by atoms with Gasteiger partial charge < -0.3 is 35.2 Å². The third-order valence-electron chi connectivity index (χ3n) is 3.54. The topological polar surface area (TPSA) is 255 Å². The number of nitrogen functional groups attached to an aromatic ring is 1. The van der Waals surface area contributed by atoms with Gasteiger partial charge in [-0.05, 0) is 10.6 Å². The Labute approximate surface area is 148 Å². The van der Waals surface area contributed by atoms with E-state index < -0.39 is 50.2 Å². The van der Waals surface area contributed by atoms with E-state index in [1.54, 1.807) is 0 Å². The third kappa shape index (κ3) is 3.64. The average Bonchev–Trinajstić information content (AvgIpc) is 3.04. The number of imidazole rings is 1. The van der Waals surface area contributed by atoms with E-state index >= 15 is 0 Å². The molecule has 1 saturated heterocycles. The Morgan fingerprint density at radius 1 is 1.41 bits per heavy atom. The van der Waals surface area contributed by atoms with Crippen LogP contribution >= 0.6 is 7.60 Å². The number of nitrogens with two attached hydrogens (primary N) is 1. The van der Waals surface area contributed by atoms with Crippen molar-refractivity contribution in [2.45, 2.75) is 24.7 Å². The molecule has 1 aliphatic rings. The molecule has 0 aliphatic carbocycles. The highest BCUT2D eigenvalue weighted by molar-refractivity contribution is 7.51. The van der Waals surface area contributed by atoms with Crippen LogP contribution in [-0.2, 0) is 14.0 Å². The molecule has 27 heavy (non-hydrogen) atoms. The smallest absolute Gasteiger partial charge is 0.351 e. The molecule has 0 spiro atoms. The zero-order valence-corrected chi connectivity index (χ0v) is 14.0. The predicted molar refractivity (Wildman–Crippen MR) is 85.3 cm³/mol. The summed E-state index contributed by atoms with van der Waals surface area (Å²) >= 11 is 0. The first-order valence-electron chi connectivity index (χ1n) is 7.13. The van der Waals surface area contributed by atoms with Crippen LogP contribution in [0.3, 0.4) is 0 Å². The molecule has 1 aliphatic heterocycles. The van der Waals surface area contributed by atoms with Crippen molar-refractivity contribution in [1.82, 2.24) is 19.5 Å². The summed E-state index contributed by atoms with van der Waals surface area (Å²) in [5, 5.41) is 23.6. The van der Waals surface area contributed by atoms with Crippen LogP contribution in [0.15, 0.2) is 9.91 Å². The molecule has 17 heteroatoms. The molecule has 0 bridgehead atoms. The Hall–Kier alpha value is -2.55. The predicted octanol–water partition coefficient (Wildman–Crippen LogP) is -1.63. The van der Waals surface area contributed by atoms with Crippen molar-refractivity contribution in [3.8, 4) is 0 Å². The lowest BCUT2D eigenvalue weighted by Gasteiger charge is -2.17. The molecular formula is C10H13N8O8P. The fourth-order valence-electron chi connectivity index (χ4n) is 2.48. The first-order valence-corrected chi connectivity index (χ1v) is 8.92. The van der Waals surface area contributed by atoms with E-state index in [9.17, 15) is 19.6 Å². The number of ether oxygens (including phenoxy) is 2. The van der Waals surface area contributed by atoms with Crippen LogP contribution in [-0.4, -0.2) is 64.4 Å². The molecule has 7 N–H and O–H groups in total. The summed E-state index contributed by atoms with van der Waals surface area (Å²) in [7, 11) is -4.57. The van der Waals surface area contributed by atoms with Gasteiger partial charge in [0.15, 0.2) is 30.0 Å². The maximum atomic E-state index is 12.0. The van der Waals surface area contributed by atoms with Gasteiger partial charge >= 0.3 is 7.60 Å². The molecular weight excluding hydrogens is 391 g/mol. The lowest BCUT2D eigenvalue weighted by atomic mass is 10.2. The van der Waals surface area contributed by atoms with Gasteiger partial charge in [0.25, 0.3) is 5.56 Å². The Bertz CT molecular complexity index is 1020. The lowest BCUT2D eigenvalue weighted by molar-refractivity contribution is -0.167. The fourth-order valence-corrected chi connectivity index (χ4v) is 2.83. The van der Waals surface area contributed by atoms with Crippen molar-refractivity contribution >= 4 is 30.7 Å². The monoisotopic (exact) mass is 404 g/mol. The van der Waals surface area contributed by atoms with Gasteiger partial charge in [-0.1, -0.05) is 0 Å². The maximum absolute atomic E-state index is 12.0. The van der Waals surface area contributed by atoms with Crippen molar-refractivity contribution in [2.75, 3.05) is 12.1 Å². The number of aromatic nitrogens is 4. The van der Waals surface area contributed by atoms with Crippen LogP contribution in [0.5, 0.6) is 0 Å². The summed E-state index contributed by atoms with van der Waals surface area (Å²) in [5.41, 5.74) is 12.9. The highest BCUT2D eigenvalue weighted by Crippen LogP contribution is 2.39. The van der Waals surface area contributed by atoms with Crippen LogP contribution in [0.1, 0.15) is 6.23 Å². The van der Waals surface area contributed by atoms with E-state index in [1.165, 1.54) is 0 Å². The van der Waals surface area contributed by atoms with Gasteiger partial charge in [0, 0.05) is 4.91 Å². The molecule has 0 radical (unpaired) electrons. The number of hydrogen-bond acceptors (Lipinski definition) is 10. The Morgan fingerprint density at radius 3 is 2.74 bits per heavy atom. The number of nitrogens with one attached hydrogen (secondary N) is 1. The zero-order chi connectivity index (χ0) is 19.9. The molecule has 3 heterocycles. The molecule has 1 unspecified atom stereocenters. The van der Waals surface area contributed by atoms with Gasteiger partial charge in [-0.2, -0.15) is 4.98 Å². The average molecular weight is 404 g/mol. The minimum atomic E-state index is -4.57. The van der Waals surface area contributed by atoms with Gasteiger partial charge in [-0.15, -0.1) is 0 Å². The van der Waals surface area contributed by atoms with Crippen molar-refractivity contribution in [3.05, 3.63) is 20.8 Å². The van der Waals surface area contributed by atoms with E-state index in [0.29, 0.717) is 0 Å². The zero-order valence-electron chi connectivity index (χ0n) is 13.1. The van der Waals surface area contributed by atoms with Crippen LogP contribution in [0.2, 0.25) is 0 Å². The number of anilines is 1. The fraction of sp³-hybridized carbons (Fsp3) is 0.500. The summed E-state index contributed by atoms with van der Waals surface area (Å²) in [6.07, 6.45) is -7.65. The maximum Gasteiger partial charge on any atom is 0.351 e. The number of fused-ring (bicyclic) bond motifs is 1. The van der Waals surface area contributed by atoms with Crippen LogP contribution < -0.4 is 11.3 Å². The van der Waals surface area contributed by atoms with Gasteiger partial charge in [0.1, 0.15) is 12.2 Å². The Kier molecular flexibility index (Phi) is 4.90. The van der Waals surface area contributed by atoms with Gasteiger partial charge in [-0.25, -0.2) is 4.98 Å². The molecule has 0 amide bonds. The number of hydrogen-bond donors (Lipinski definition) is 6. The van der Waals surface area contributed by atoms with E-state index in [-0.39, 0.29) is 17.1 Å². The van der Waals surface area contributed by atoms with E-state index in [0.717, 1.165) is 4.57 Å². The second kappa shape index (κ2) is 6.88. The van der Waals surface area contributed by atoms with Gasteiger partial charge in [-0.3, -0.25) is 18.9 Å². The number of H-pyrrole nitrogens is 1. The number of aromatic amines is 1. The molecule has 1 fully saturated rings. The van der Waals surface area contributed by atoms with Crippen LogP contribution in [0.25, 0.3) is 21.6 Å². The third-order valence-corrected chi connectivity index (χ3v) is 4.03. The molecule has 3 rings (SSSR count). The first kappa shape index (κ1) is 19.2. The minimum absolute atomic E-state index is 0.217.